The molecule has 0 aliphatic rings. The molecule has 2 aromatic carbocycles. The number of thiazole rings is 1. The van der Waals surface area contributed by atoms with Crippen LogP contribution in [0.3, 0.4) is 0 Å². The van der Waals surface area contributed by atoms with Gasteiger partial charge in [0.05, 0.1) is 11.4 Å². The summed E-state index contributed by atoms with van der Waals surface area (Å²) in [4.78, 5) is 5.88. The fraction of sp³-hybridized carbons (Fsp3) is 0.250. The maximum absolute atomic E-state index is 6.03. The molecule has 0 saturated heterocycles. The lowest BCUT2D eigenvalue weighted by molar-refractivity contribution is 0.596. The molecule has 0 bridgehead atoms. The van der Waals surface area contributed by atoms with E-state index < -0.39 is 0 Å². The van der Waals surface area contributed by atoms with E-state index in [1.165, 1.54) is 24.1 Å². The van der Waals surface area contributed by atoms with Crippen LogP contribution in [-0.2, 0) is 6.54 Å². The zero-order valence-electron chi connectivity index (χ0n) is 13.8. The summed E-state index contributed by atoms with van der Waals surface area (Å²) in [5.41, 5.74) is 3.38. The van der Waals surface area contributed by atoms with Gasteiger partial charge in [0, 0.05) is 16.9 Å². The van der Waals surface area contributed by atoms with Crippen LogP contribution in [0.4, 0.5) is 5.69 Å². The SMILES string of the molecule is CCCCCn1c(-c2ccc(Cl)cc2)csc1=Nc1ccccc1. The van der Waals surface area contributed by atoms with Crippen LogP contribution in [-0.4, -0.2) is 4.57 Å². The van der Waals surface area contributed by atoms with E-state index in [2.05, 4.69) is 29.0 Å². The minimum absolute atomic E-state index is 0.765. The van der Waals surface area contributed by atoms with Gasteiger partial charge in [-0.15, -0.1) is 11.3 Å². The molecule has 1 heterocycles. The topological polar surface area (TPSA) is 17.3 Å². The Hall–Kier alpha value is -1.84. The molecule has 0 N–H and O–H groups in total. The molecule has 3 aromatic rings. The van der Waals surface area contributed by atoms with Crippen molar-refractivity contribution >= 4 is 28.6 Å². The summed E-state index contributed by atoms with van der Waals surface area (Å²) in [6.07, 6.45) is 3.61. The lowest BCUT2D eigenvalue weighted by Crippen LogP contribution is -2.16. The molecular weight excluding hydrogens is 336 g/mol. The summed E-state index contributed by atoms with van der Waals surface area (Å²) >= 11 is 7.72. The number of hydrogen-bond donors (Lipinski definition) is 0. The number of hydrogen-bond acceptors (Lipinski definition) is 2. The minimum Gasteiger partial charge on any atom is -0.316 e. The summed E-state index contributed by atoms with van der Waals surface area (Å²) in [6, 6.07) is 18.2. The predicted molar refractivity (Wildman–Crippen MR) is 104 cm³/mol. The van der Waals surface area contributed by atoms with E-state index in [0.717, 1.165) is 28.5 Å². The van der Waals surface area contributed by atoms with E-state index >= 15 is 0 Å². The normalized spacial score (nSPS) is 11.8. The first kappa shape index (κ1) is 17.0. The van der Waals surface area contributed by atoms with E-state index in [0.29, 0.717) is 0 Å². The molecule has 0 amide bonds. The highest BCUT2D eigenvalue weighted by molar-refractivity contribution is 7.07. The highest BCUT2D eigenvalue weighted by atomic mass is 35.5. The molecule has 4 heteroatoms. The van der Waals surface area contributed by atoms with Gasteiger partial charge < -0.3 is 4.57 Å². The average molecular weight is 357 g/mol. The van der Waals surface area contributed by atoms with Gasteiger partial charge in [0.1, 0.15) is 0 Å². The molecule has 1 aromatic heterocycles. The van der Waals surface area contributed by atoms with Gasteiger partial charge in [-0.2, -0.15) is 0 Å². The van der Waals surface area contributed by atoms with Gasteiger partial charge in [-0.1, -0.05) is 61.7 Å². The zero-order valence-corrected chi connectivity index (χ0v) is 15.4. The Balaban J connectivity index is 2.03. The fourth-order valence-corrected chi connectivity index (χ4v) is 3.70. The van der Waals surface area contributed by atoms with Crippen molar-refractivity contribution in [1.29, 1.82) is 0 Å². The molecule has 0 saturated carbocycles. The van der Waals surface area contributed by atoms with Crippen molar-refractivity contribution in [2.75, 3.05) is 0 Å². The molecule has 3 rings (SSSR count). The largest absolute Gasteiger partial charge is 0.316 e. The first-order valence-electron chi connectivity index (χ1n) is 8.32. The predicted octanol–water partition coefficient (Wildman–Crippen LogP) is 6.29. The minimum atomic E-state index is 0.765. The maximum Gasteiger partial charge on any atom is 0.190 e. The summed E-state index contributed by atoms with van der Waals surface area (Å²) in [5.74, 6) is 0. The smallest absolute Gasteiger partial charge is 0.190 e. The molecule has 0 aliphatic heterocycles. The van der Waals surface area contributed by atoms with Crippen LogP contribution in [0.2, 0.25) is 5.02 Å². The first-order valence-corrected chi connectivity index (χ1v) is 9.57. The van der Waals surface area contributed by atoms with Gasteiger partial charge in [-0.05, 0) is 36.2 Å². The Morgan fingerprint density at radius 1 is 1.00 bits per heavy atom. The summed E-state index contributed by atoms with van der Waals surface area (Å²) in [6.45, 7) is 3.22. The van der Waals surface area contributed by atoms with E-state index in [9.17, 15) is 0 Å². The third-order valence-electron chi connectivity index (χ3n) is 3.90. The number of halogens is 1. The Kier molecular flexibility index (Phi) is 5.89. The molecule has 0 atom stereocenters. The second-order valence-corrected chi connectivity index (χ2v) is 6.99. The monoisotopic (exact) mass is 356 g/mol. The number of nitrogens with zero attached hydrogens (tertiary/aromatic N) is 2. The van der Waals surface area contributed by atoms with E-state index in [1.807, 2.05) is 42.5 Å². The van der Waals surface area contributed by atoms with Crippen LogP contribution in [0.25, 0.3) is 11.3 Å². The van der Waals surface area contributed by atoms with E-state index in [-0.39, 0.29) is 0 Å². The molecular formula is C20H21ClN2S. The van der Waals surface area contributed by atoms with Crippen LogP contribution >= 0.6 is 22.9 Å². The highest BCUT2D eigenvalue weighted by Gasteiger charge is 2.08. The number of para-hydroxylation sites is 1. The Morgan fingerprint density at radius 3 is 2.46 bits per heavy atom. The summed E-state index contributed by atoms with van der Waals surface area (Å²) in [5, 5.41) is 2.96. The standard InChI is InChI=1S/C20H21ClN2S/c1-2-3-7-14-23-19(16-10-12-17(21)13-11-16)15-24-20(23)22-18-8-5-4-6-9-18/h4-6,8-13,15H,2-3,7,14H2,1H3. The van der Waals surface area contributed by atoms with E-state index in [1.54, 1.807) is 11.3 Å². The van der Waals surface area contributed by atoms with Gasteiger partial charge in [0.2, 0.25) is 0 Å². The van der Waals surface area contributed by atoms with Crippen LogP contribution < -0.4 is 4.80 Å². The molecule has 0 fully saturated rings. The number of aromatic nitrogens is 1. The van der Waals surface area contributed by atoms with Crippen molar-refractivity contribution in [3.63, 3.8) is 0 Å². The number of unbranched alkanes of at least 4 members (excludes halogenated alkanes) is 2. The molecule has 0 unspecified atom stereocenters. The van der Waals surface area contributed by atoms with Gasteiger partial charge >= 0.3 is 0 Å². The van der Waals surface area contributed by atoms with Gasteiger partial charge in [-0.25, -0.2) is 4.99 Å². The van der Waals surface area contributed by atoms with Gasteiger partial charge in [0.25, 0.3) is 0 Å². The maximum atomic E-state index is 6.03. The second kappa shape index (κ2) is 8.32. The van der Waals surface area contributed by atoms with Gasteiger partial charge in [-0.3, -0.25) is 0 Å². The third-order valence-corrected chi connectivity index (χ3v) is 5.02. The van der Waals surface area contributed by atoms with E-state index in [4.69, 9.17) is 16.6 Å². The molecule has 0 spiro atoms. The second-order valence-electron chi connectivity index (χ2n) is 5.72. The van der Waals surface area contributed by atoms with Crippen LogP contribution in [0, 0.1) is 0 Å². The van der Waals surface area contributed by atoms with Crippen LogP contribution in [0.1, 0.15) is 26.2 Å². The van der Waals surface area contributed by atoms with Gasteiger partial charge in [0.15, 0.2) is 4.80 Å². The number of benzene rings is 2. The Labute approximate surface area is 152 Å². The quantitative estimate of drug-likeness (QED) is 0.461. The molecule has 124 valence electrons. The average Bonchev–Trinajstić information content (AvgIpc) is 2.99. The zero-order chi connectivity index (χ0) is 16.8. The molecule has 2 nitrogen and oxygen atoms in total. The molecule has 0 radical (unpaired) electrons. The number of rotatable bonds is 6. The van der Waals surface area contributed by atoms with Crippen molar-refractivity contribution in [3.05, 3.63) is 69.8 Å². The van der Waals surface area contributed by atoms with Crippen molar-refractivity contribution < 1.29 is 0 Å². The summed E-state index contributed by atoms with van der Waals surface area (Å²) < 4.78 is 2.33. The third kappa shape index (κ3) is 4.16. The lowest BCUT2D eigenvalue weighted by Gasteiger charge is -2.09. The van der Waals surface area contributed by atoms with Crippen molar-refractivity contribution in [2.45, 2.75) is 32.7 Å². The first-order chi connectivity index (χ1) is 11.8. The van der Waals surface area contributed by atoms with Crippen molar-refractivity contribution in [3.8, 4) is 11.3 Å². The molecule has 24 heavy (non-hydrogen) atoms. The van der Waals surface area contributed by atoms with Crippen molar-refractivity contribution in [2.24, 2.45) is 4.99 Å². The lowest BCUT2D eigenvalue weighted by atomic mass is 10.1. The Bertz CT molecular complexity index is 832. The fourth-order valence-electron chi connectivity index (χ4n) is 2.62. The molecule has 0 aliphatic carbocycles. The van der Waals surface area contributed by atoms with Crippen LogP contribution in [0.5, 0.6) is 0 Å². The summed E-state index contributed by atoms with van der Waals surface area (Å²) in [7, 11) is 0. The van der Waals surface area contributed by atoms with Crippen molar-refractivity contribution in [1.82, 2.24) is 4.57 Å². The highest BCUT2D eigenvalue weighted by Crippen LogP contribution is 2.23. The Morgan fingerprint density at radius 2 is 1.75 bits per heavy atom. The van der Waals surface area contributed by atoms with Crippen LogP contribution in [0.15, 0.2) is 65.0 Å².